The smallest absolute Gasteiger partial charge is 0.161 e. The number of aliphatic hydroxyl groups is 1. The Morgan fingerprint density at radius 2 is 2.07 bits per heavy atom. The first kappa shape index (κ1) is 18.3. The fraction of sp³-hybridized carbons (Fsp3) is 0.409. The third-order valence-electron chi connectivity index (χ3n) is 5.04. The van der Waals surface area contributed by atoms with E-state index >= 15 is 0 Å². The molecule has 0 saturated heterocycles. The Morgan fingerprint density at radius 1 is 1.26 bits per heavy atom. The maximum absolute atomic E-state index is 14.3. The number of allylic oxidation sites excluding steroid dienone is 4. The second-order valence-electron chi connectivity index (χ2n) is 7.72. The Balaban J connectivity index is 1.82. The summed E-state index contributed by atoms with van der Waals surface area (Å²) < 4.78 is 14.3. The molecular formula is C22H22FNO2S. The van der Waals surface area contributed by atoms with Crippen LogP contribution >= 0.6 is 11.8 Å². The molecule has 0 spiro atoms. The zero-order valence-electron chi connectivity index (χ0n) is 15.5. The SMILES string of the molecule is CC(C)(O)C#Cc1cc(C2C3=C(CCS3)NC3=C2C(=O)CCC3)ccc1F. The maximum Gasteiger partial charge on any atom is 0.161 e. The van der Waals surface area contributed by atoms with Crippen LogP contribution in [-0.4, -0.2) is 22.2 Å². The second-order valence-corrected chi connectivity index (χ2v) is 8.85. The van der Waals surface area contributed by atoms with Crippen LogP contribution in [0.25, 0.3) is 0 Å². The number of hydrogen-bond acceptors (Lipinski definition) is 4. The lowest BCUT2D eigenvalue weighted by molar-refractivity contribution is -0.116. The van der Waals surface area contributed by atoms with Crippen molar-refractivity contribution >= 4 is 17.5 Å². The van der Waals surface area contributed by atoms with Crippen molar-refractivity contribution in [3.05, 3.63) is 57.0 Å². The van der Waals surface area contributed by atoms with Gasteiger partial charge in [0.25, 0.3) is 0 Å². The third kappa shape index (κ3) is 3.56. The average molecular weight is 383 g/mol. The standard InChI is InChI=1S/C22H22FNO2S/c1-22(2,26)10-8-13-12-14(6-7-15(13)23)19-20-16(4-3-5-18(20)25)24-17-9-11-27-21(17)19/h6-7,12,19,24,26H,3-5,9,11H2,1-2H3. The normalized spacial score (nSPS) is 22.1. The Kier molecular flexibility index (Phi) is 4.65. The van der Waals surface area contributed by atoms with Crippen LogP contribution in [0.4, 0.5) is 4.39 Å². The van der Waals surface area contributed by atoms with Gasteiger partial charge in [-0.25, -0.2) is 4.39 Å². The number of carbonyl (C=O) groups excluding carboxylic acids is 1. The highest BCUT2D eigenvalue weighted by Crippen LogP contribution is 2.50. The third-order valence-corrected chi connectivity index (χ3v) is 6.24. The van der Waals surface area contributed by atoms with Crippen molar-refractivity contribution in [1.29, 1.82) is 0 Å². The summed E-state index contributed by atoms with van der Waals surface area (Å²) in [6.45, 7) is 3.14. The van der Waals surface area contributed by atoms with E-state index in [9.17, 15) is 14.3 Å². The molecule has 3 aliphatic rings. The van der Waals surface area contributed by atoms with Crippen molar-refractivity contribution in [2.45, 2.75) is 51.0 Å². The van der Waals surface area contributed by atoms with Gasteiger partial charge < -0.3 is 10.4 Å². The summed E-state index contributed by atoms with van der Waals surface area (Å²) >= 11 is 1.78. The van der Waals surface area contributed by atoms with Gasteiger partial charge >= 0.3 is 0 Å². The molecule has 2 aliphatic heterocycles. The van der Waals surface area contributed by atoms with E-state index in [1.54, 1.807) is 37.7 Å². The lowest BCUT2D eigenvalue weighted by atomic mass is 9.79. The molecule has 27 heavy (non-hydrogen) atoms. The van der Waals surface area contributed by atoms with Crippen molar-refractivity contribution in [1.82, 2.24) is 5.32 Å². The maximum atomic E-state index is 14.3. The van der Waals surface area contributed by atoms with Crippen LogP contribution < -0.4 is 5.32 Å². The summed E-state index contributed by atoms with van der Waals surface area (Å²) in [7, 11) is 0. The lowest BCUT2D eigenvalue weighted by Gasteiger charge is -2.33. The van der Waals surface area contributed by atoms with Gasteiger partial charge in [0.05, 0.1) is 5.56 Å². The zero-order chi connectivity index (χ0) is 19.2. The molecule has 3 nitrogen and oxygen atoms in total. The van der Waals surface area contributed by atoms with Gasteiger partial charge in [-0.1, -0.05) is 17.9 Å². The summed E-state index contributed by atoms with van der Waals surface area (Å²) in [6.07, 6.45) is 3.29. The number of carbonyl (C=O) groups is 1. The topological polar surface area (TPSA) is 49.3 Å². The molecule has 1 atom stereocenters. The number of halogens is 1. The van der Waals surface area contributed by atoms with Gasteiger partial charge in [-0.15, -0.1) is 11.8 Å². The Hall–Kier alpha value is -2.03. The van der Waals surface area contributed by atoms with Gasteiger partial charge in [0.1, 0.15) is 11.4 Å². The fourth-order valence-corrected chi connectivity index (χ4v) is 5.13. The molecule has 1 aromatic carbocycles. The first-order valence-electron chi connectivity index (χ1n) is 9.27. The first-order chi connectivity index (χ1) is 12.8. The average Bonchev–Trinajstić information content (AvgIpc) is 3.07. The van der Waals surface area contributed by atoms with Gasteiger partial charge in [0.2, 0.25) is 0 Å². The summed E-state index contributed by atoms with van der Waals surface area (Å²) in [6, 6.07) is 4.91. The highest BCUT2D eigenvalue weighted by atomic mass is 32.2. The summed E-state index contributed by atoms with van der Waals surface area (Å²) in [5, 5.41) is 13.3. The van der Waals surface area contributed by atoms with Gasteiger partial charge in [0, 0.05) is 40.0 Å². The number of Topliss-reactive ketones (excluding diaryl/α,β-unsaturated/α-hetero) is 1. The van der Waals surface area contributed by atoms with Crippen molar-refractivity contribution in [2.75, 3.05) is 5.75 Å². The monoisotopic (exact) mass is 383 g/mol. The van der Waals surface area contributed by atoms with Crippen LogP contribution in [0.3, 0.4) is 0 Å². The number of hydrogen-bond donors (Lipinski definition) is 2. The van der Waals surface area contributed by atoms with E-state index in [0.717, 1.165) is 41.8 Å². The summed E-state index contributed by atoms with van der Waals surface area (Å²) in [4.78, 5) is 13.9. The van der Waals surface area contributed by atoms with Crippen molar-refractivity contribution in [3.8, 4) is 11.8 Å². The number of dihydropyridines is 1. The molecule has 0 amide bonds. The largest absolute Gasteiger partial charge is 0.378 e. The minimum absolute atomic E-state index is 0.139. The molecule has 0 fully saturated rings. The molecule has 140 valence electrons. The minimum atomic E-state index is -1.19. The van der Waals surface area contributed by atoms with Crippen molar-refractivity contribution < 1.29 is 14.3 Å². The minimum Gasteiger partial charge on any atom is -0.378 e. The van der Waals surface area contributed by atoms with Crippen LogP contribution in [0.15, 0.2) is 40.1 Å². The number of ketones is 1. The zero-order valence-corrected chi connectivity index (χ0v) is 16.3. The van der Waals surface area contributed by atoms with Crippen LogP contribution in [0.1, 0.15) is 56.6 Å². The van der Waals surface area contributed by atoms with E-state index in [4.69, 9.17) is 0 Å². The molecule has 0 aromatic heterocycles. The van der Waals surface area contributed by atoms with Gasteiger partial charge in [-0.2, -0.15) is 0 Å². The van der Waals surface area contributed by atoms with Gasteiger partial charge in [-0.05, 0) is 50.8 Å². The Bertz CT molecular complexity index is 943. The molecular weight excluding hydrogens is 361 g/mol. The molecule has 2 N–H and O–H groups in total. The molecule has 1 aromatic rings. The van der Waals surface area contributed by atoms with Crippen LogP contribution in [0.2, 0.25) is 0 Å². The predicted molar refractivity (Wildman–Crippen MR) is 105 cm³/mol. The molecule has 0 radical (unpaired) electrons. The summed E-state index contributed by atoms with van der Waals surface area (Å²) in [5.74, 6) is 6.06. The van der Waals surface area contributed by atoms with E-state index in [0.29, 0.717) is 6.42 Å². The fourth-order valence-electron chi connectivity index (χ4n) is 3.85. The van der Waals surface area contributed by atoms with E-state index < -0.39 is 11.4 Å². The highest BCUT2D eigenvalue weighted by Gasteiger charge is 2.38. The molecule has 5 heteroatoms. The quantitative estimate of drug-likeness (QED) is 0.720. The molecule has 4 rings (SSSR count). The highest BCUT2D eigenvalue weighted by molar-refractivity contribution is 8.03. The number of nitrogens with one attached hydrogen (secondary N) is 1. The molecule has 0 bridgehead atoms. The van der Waals surface area contributed by atoms with Crippen LogP contribution in [-0.2, 0) is 4.79 Å². The molecule has 0 saturated carbocycles. The molecule has 1 unspecified atom stereocenters. The molecule has 2 heterocycles. The lowest BCUT2D eigenvalue weighted by Crippen LogP contribution is -2.30. The molecule has 1 aliphatic carbocycles. The van der Waals surface area contributed by atoms with E-state index in [2.05, 4.69) is 17.2 Å². The first-order valence-corrected chi connectivity index (χ1v) is 10.3. The van der Waals surface area contributed by atoms with Crippen molar-refractivity contribution in [2.24, 2.45) is 0 Å². The number of thioether (sulfide) groups is 1. The predicted octanol–water partition coefficient (Wildman–Crippen LogP) is 3.99. The van der Waals surface area contributed by atoms with Gasteiger partial charge in [-0.3, -0.25) is 4.79 Å². The number of rotatable bonds is 1. The van der Waals surface area contributed by atoms with E-state index in [1.165, 1.54) is 16.7 Å². The second kappa shape index (κ2) is 6.85. The number of benzene rings is 1. The Labute approximate surface area is 163 Å². The van der Waals surface area contributed by atoms with Crippen LogP contribution in [0.5, 0.6) is 0 Å². The summed E-state index contributed by atoms with van der Waals surface area (Å²) in [5.41, 5.74) is 3.02. The van der Waals surface area contributed by atoms with Crippen LogP contribution in [0, 0.1) is 17.7 Å². The van der Waals surface area contributed by atoms with E-state index in [1.807, 2.05) is 0 Å². The van der Waals surface area contributed by atoms with Gasteiger partial charge in [0.15, 0.2) is 5.78 Å². The Morgan fingerprint density at radius 3 is 2.85 bits per heavy atom. The van der Waals surface area contributed by atoms with E-state index in [-0.39, 0.29) is 17.3 Å². The van der Waals surface area contributed by atoms with Crippen molar-refractivity contribution in [3.63, 3.8) is 0 Å².